The Morgan fingerprint density at radius 3 is 2.93 bits per heavy atom. The number of carbonyl (C=O) groups excluding carboxylic acids is 1. The summed E-state index contributed by atoms with van der Waals surface area (Å²) in [5.41, 5.74) is 5.62. The molecule has 0 bridgehead atoms. The zero-order valence-corrected chi connectivity index (χ0v) is 8.99. The van der Waals surface area contributed by atoms with Gasteiger partial charge < -0.3 is 15.6 Å². The van der Waals surface area contributed by atoms with E-state index in [1.54, 1.807) is 6.92 Å². The minimum Gasteiger partial charge on any atom is -0.347 e. The van der Waals surface area contributed by atoms with Gasteiger partial charge in [-0.15, -0.1) is 0 Å². The van der Waals surface area contributed by atoms with E-state index in [-0.39, 0.29) is 12.5 Å². The summed E-state index contributed by atoms with van der Waals surface area (Å²) in [5, 5.41) is 6.30. The zero-order valence-electron chi connectivity index (χ0n) is 8.99. The SMILES string of the molecule is CCC[C@H](N)C(=O)NCc1noc(C)n1. The fourth-order valence-electron chi connectivity index (χ4n) is 1.15. The van der Waals surface area contributed by atoms with Crippen molar-refractivity contribution in [1.29, 1.82) is 0 Å². The highest BCUT2D eigenvalue weighted by Crippen LogP contribution is 1.96. The molecule has 84 valence electrons. The highest BCUT2D eigenvalue weighted by atomic mass is 16.5. The number of carbonyl (C=O) groups is 1. The Labute approximate surface area is 88.2 Å². The van der Waals surface area contributed by atoms with Crippen LogP contribution in [0.25, 0.3) is 0 Å². The van der Waals surface area contributed by atoms with Gasteiger partial charge in [-0.25, -0.2) is 0 Å². The fraction of sp³-hybridized carbons (Fsp3) is 0.667. The van der Waals surface area contributed by atoms with Gasteiger partial charge in [0.2, 0.25) is 11.8 Å². The minimum atomic E-state index is -0.456. The Hall–Kier alpha value is -1.43. The van der Waals surface area contributed by atoms with Crippen molar-refractivity contribution in [3.63, 3.8) is 0 Å². The fourth-order valence-corrected chi connectivity index (χ4v) is 1.15. The molecule has 1 aromatic rings. The van der Waals surface area contributed by atoms with Crippen molar-refractivity contribution in [1.82, 2.24) is 15.5 Å². The Kier molecular flexibility index (Phi) is 4.23. The maximum absolute atomic E-state index is 11.4. The summed E-state index contributed by atoms with van der Waals surface area (Å²) in [6, 6.07) is -0.456. The summed E-state index contributed by atoms with van der Waals surface area (Å²) in [6.45, 7) is 3.93. The van der Waals surface area contributed by atoms with Gasteiger partial charge in [-0.2, -0.15) is 4.98 Å². The van der Waals surface area contributed by atoms with Gasteiger partial charge in [0.15, 0.2) is 5.82 Å². The van der Waals surface area contributed by atoms with E-state index in [1.807, 2.05) is 6.92 Å². The van der Waals surface area contributed by atoms with E-state index in [4.69, 9.17) is 10.3 Å². The average molecular weight is 212 g/mol. The second-order valence-corrected chi connectivity index (χ2v) is 3.34. The molecule has 0 aliphatic heterocycles. The molecule has 15 heavy (non-hydrogen) atoms. The van der Waals surface area contributed by atoms with Crippen LogP contribution in [0.15, 0.2) is 4.52 Å². The van der Waals surface area contributed by atoms with Crippen LogP contribution in [0, 0.1) is 6.92 Å². The molecule has 0 radical (unpaired) electrons. The van der Waals surface area contributed by atoms with Crippen LogP contribution in [-0.4, -0.2) is 22.1 Å². The molecule has 0 spiro atoms. The highest BCUT2D eigenvalue weighted by Gasteiger charge is 2.12. The van der Waals surface area contributed by atoms with E-state index < -0.39 is 6.04 Å². The third kappa shape index (κ3) is 3.67. The molecule has 1 heterocycles. The summed E-state index contributed by atoms with van der Waals surface area (Å²) >= 11 is 0. The molecule has 1 atom stereocenters. The van der Waals surface area contributed by atoms with Crippen LogP contribution >= 0.6 is 0 Å². The Morgan fingerprint density at radius 1 is 1.67 bits per heavy atom. The number of nitrogens with two attached hydrogens (primary N) is 1. The largest absolute Gasteiger partial charge is 0.347 e. The molecule has 0 saturated heterocycles. The lowest BCUT2D eigenvalue weighted by atomic mass is 10.2. The van der Waals surface area contributed by atoms with E-state index in [0.29, 0.717) is 18.1 Å². The van der Waals surface area contributed by atoms with Gasteiger partial charge in [-0.05, 0) is 6.42 Å². The second kappa shape index (κ2) is 5.45. The quantitative estimate of drug-likeness (QED) is 0.723. The van der Waals surface area contributed by atoms with E-state index >= 15 is 0 Å². The predicted octanol–water partition coefficient (Wildman–Crippen LogP) is 0.122. The molecule has 0 aliphatic carbocycles. The van der Waals surface area contributed by atoms with E-state index in [0.717, 1.165) is 6.42 Å². The van der Waals surface area contributed by atoms with Gasteiger partial charge >= 0.3 is 0 Å². The smallest absolute Gasteiger partial charge is 0.237 e. The molecule has 0 aliphatic rings. The van der Waals surface area contributed by atoms with Crippen molar-refractivity contribution in [3.8, 4) is 0 Å². The number of hydrogen-bond donors (Lipinski definition) is 2. The lowest BCUT2D eigenvalue weighted by molar-refractivity contribution is -0.122. The first-order chi connectivity index (χ1) is 7.13. The average Bonchev–Trinajstić information content (AvgIpc) is 2.61. The van der Waals surface area contributed by atoms with Crippen molar-refractivity contribution in [2.24, 2.45) is 5.73 Å². The topological polar surface area (TPSA) is 94.0 Å². The van der Waals surface area contributed by atoms with Gasteiger partial charge in [0, 0.05) is 6.92 Å². The lowest BCUT2D eigenvalue weighted by Crippen LogP contribution is -2.40. The number of nitrogens with one attached hydrogen (secondary N) is 1. The molecule has 0 unspecified atom stereocenters. The third-order valence-electron chi connectivity index (χ3n) is 1.93. The van der Waals surface area contributed by atoms with Crippen LogP contribution < -0.4 is 11.1 Å². The minimum absolute atomic E-state index is 0.181. The first-order valence-corrected chi connectivity index (χ1v) is 4.96. The number of aromatic nitrogens is 2. The molecule has 1 rings (SSSR count). The summed E-state index contributed by atoms with van der Waals surface area (Å²) in [4.78, 5) is 15.3. The van der Waals surface area contributed by atoms with Gasteiger partial charge in [-0.1, -0.05) is 18.5 Å². The van der Waals surface area contributed by atoms with Crippen LogP contribution in [0.5, 0.6) is 0 Å². The normalized spacial score (nSPS) is 12.5. The van der Waals surface area contributed by atoms with Gasteiger partial charge in [0.25, 0.3) is 0 Å². The maximum Gasteiger partial charge on any atom is 0.237 e. The predicted molar refractivity (Wildman–Crippen MR) is 53.8 cm³/mol. The summed E-state index contributed by atoms with van der Waals surface area (Å²) in [6.07, 6.45) is 1.56. The lowest BCUT2D eigenvalue weighted by Gasteiger charge is -2.09. The van der Waals surface area contributed by atoms with E-state index in [2.05, 4.69) is 15.5 Å². The molecule has 6 heteroatoms. The van der Waals surface area contributed by atoms with Crippen molar-refractivity contribution < 1.29 is 9.32 Å². The van der Waals surface area contributed by atoms with Crippen LogP contribution in [0.3, 0.4) is 0 Å². The van der Waals surface area contributed by atoms with Gasteiger partial charge in [0.1, 0.15) is 0 Å². The van der Waals surface area contributed by atoms with Crippen LogP contribution in [0.4, 0.5) is 0 Å². The van der Waals surface area contributed by atoms with E-state index in [9.17, 15) is 4.79 Å². The highest BCUT2D eigenvalue weighted by molar-refractivity contribution is 5.81. The summed E-state index contributed by atoms with van der Waals surface area (Å²) in [5.74, 6) is 0.765. The summed E-state index contributed by atoms with van der Waals surface area (Å²) < 4.78 is 4.76. The molecule has 1 amide bonds. The zero-order chi connectivity index (χ0) is 11.3. The summed E-state index contributed by atoms with van der Waals surface area (Å²) in [7, 11) is 0. The number of nitrogens with zero attached hydrogens (tertiary/aromatic N) is 2. The Bertz CT molecular complexity index is 324. The first kappa shape index (κ1) is 11.6. The monoisotopic (exact) mass is 212 g/mol. The number of hydrogen-bond acceptors (Lipinski definition) is 5. The van der Waals surface area contributed by atoms with Crippen LogP contribution in [-0.2, 0) is 11.3 Å². The Morgan fingerprint density at radius 2 is 2.40 bits per heavy atom. The number of rotatable bonds is 5. The van der Waals surface area contributed by atoms with E-state index in [1.165, 1.54) is 0 Å². The molecule has 3 N–H and O–H groups in total. The van der Waals surface area contributed by atoms with Gasteiger partial charge in [0.05, 0.1) is 12.6 Å². The Balaban J connectivity index is 2.34. The van der Waals surface area contributed by atoms with Crippen LogP contribution in [0.2, 0.25) is 0 Å². The van der Waals surface area contributed by atoms with Crippen molar-refractivity contribution in [2.75, 3.05) is 0 Å². The van der Waals surface area contributed by atoms with Crippen molar-refractivity contribution >= 4 is 5.91 Å². The maximum atomic E-state index is 11.4. The van der Waals surface area contributed by atoms with Gasteiger partial charge in [-0.3, -0.25) is 4.79 Å². The molecular weight excluding hydrogens is 196 g/mol. The van der Waals surface area contributed by atoms with Crippen molar-refractivity contribution in [3.05, 3.63) is 11.7 Å². The van der Waals surface area contributed by atoms with Crippen molar-refractivity contribution in [2.45, 2.75) is 39.3 Å². The third-order valence-corrected chi connectivity index (χ3v) is 1.93. The number of amides is 1. The molecule has 1 aromatic heterocycles. The molecule has 0 saturated carbocycles. The van der Waals surface area contributed by atoms with Crippen LogP contribution in [0.1, 0.15) is 31.5 Å². The number of aryl methyl sites for hydroxylation is 1. The second-order valence-electron chi connectivity index (χ2n) is 3.34. The molecule has 6 nitrogen and oxygen atoms in total. The molecular formula is C9H16N4O2. The standard InChI is InChI=1S/C9H16N4O2/c1-3-4-7(10)9(14)11-5-8-12-6(2)15-13-8/h7H,3-5,10H2,1-2H3,(H,11,14)/t7-/m0/s1. The first-order valence-electron chi connectivity index (χ1n) is 4.96. The molecule has 0 aromatic carbocycles. The molecule has 0 fully saturated rings.